The number of carboxylic acids is 2. The highest BCUT2D eigenvalue weighted by molar-refractivity contribution is 8.01. The summed E-state index contributed by atoms with van der Waals surface area (Å²) in [6, 6.07) is 4.58. The molecule has 2 aliphatic heterocycles. The third kappa shape index (κ3) is 6.88. The average Bonchev–Trinajstić information content (AvgIpc) is 3.52. The summed E-state index contributed by atoms with van der Waals surface area (Å²) in [6.07, 6.45) is 0.816. The van der Waals surface area contributed by atoms with Crippen molar-refractivity contribution < 1.29 is 53.6 Å². The number of rotatable bonds is 12. The van der Waals surface area contributed by atoms with Crippen LogP contribution in [0.1, 0.15) is 22.0 Å². The van der Waals surface area contributed by atoms with Gasteiger partial charge in [-0.3, -0.25) is 24.1 Å². The first-order chi connectivity index (χ1) is 24.3. The maximum atomic E-state index is 13.8. The number of phenolic OH excluding ortho intramolecular Hbond substituents is 2. The molecule has 2 aliphatic rings. The van der Waals surface area contributed by atoms with Crippen LogP contribution in [0.2, 0.25) is 0 Å². The number of aromatic nitrogens is 4. The minimum absolute atomic E-state index is 0.127. The number of aromatic hydroxyl groups is 2. The van der Waals surface area contributed by atoms with Crippen molar-refractivity contribution in [2.45, 2.75) is 22.6 Å². The monoisotopic (exact) mass is 739 g/mol. The fourth-order valence-electron chi connectivity index (χ4n) is 5.25. The lowest BCUT2D eigenvalue weighted by molar-refractivity contribution is -0.151. The summed E-state index contributed by atoms with van der Waals surface area (Å²) < 4.78 is 11.9. The number of tetrazole rings is 1. The van der Waals surface area contributed by atoms with E-state index in [2.05, 4.69) is 26.2 Å². The van der Waals surface area contributed by atoms with E-state index in [0.717, 1.165) is 23.3 Å². The molecule has 3 amide bonds. The number of aryl methyl sites for hydroxylation is 1. The highest BCUT2D eigenvalue weighted by Crippen LogP contribution is 2.41. The summed E-state index contributed by atoms with van der Waals surface area (Å²) in [4.78, 5) is 78.1. The first-order valence-corrected chi connectivity index (χ1v) is 16.7. The van der Waals surface area contributed by atoms with Gasteiger partial charge in [-0.25, -0.2) is 14.3 Å². The lowest BCUT2D eigenvalue weighted by Gasteiger charge is -2.49. The first kappa shape index (κ1) is 34.8. The number of phenols is 2. The number of aliphatic carboxylic acids is 2. The molecule has 0 bridgehead atoms. The molecule has 2 aromatic heterocycles. The predicted molar refractivity (Wildman–Crippen MR) is 175 cm³/mol. The Morgan fingerprint density at radius 3 is 2.51 bits per heavy atom. The molecule has 1 saturated heterocycles. The molecule has 3 atom stereocenters. The molecule has 51 heavy (non-hydrogen) atoms. The van der Waals surface area contributed by atoms with Crippen LogP contribution in [-0.4, -0.2) is 105 Å². The Kier molecular flexibility index (Phi) is 9.56. The zero-order valence-electron chi connectivity index (χ0n) is 26.0. The van der Waals surface area contributed by atoms with Gasteiger partial charge in [0.05, 0.1) is 5.39 Å². The number of amides is 3. The van der Waals surface area contributed by atoms with Crippen molar-refractivity contribution in [1.29, 1.82) is 0 Å². The predicted octanol–water partition coefficient (Wildman–Crippen LogP) is 0.193. The van der Waals surface area contributed by atoms with E-state index < -0.39 is 76.2 Å². The van der Waals surface area contributed by atoms with Gasteiger partial charge in [0.1, 0.15) is 46.3 Å². The molecule has 1 fully saturated rings. The first-order valence-electron chi connectivity index (χ1n) is 14.6. The van der Waals surface area contributed by atoms with Crippen LogP contribution < -0.4 is 20.8 Å². The van der Waals surface area contributed by atoms with E-state index in [-0.39, 0.29) is 39.5 Å². The van der Waals surface area contributed by atoms with Crippen LogP contribution in [0.4, 0.5) is 0 Å². The standard InChI is InChI=1S/C30H25N7O12S2/c1-36-30(33-34-35-36)51-11-13-10-50-28-22(27(45)37(28)23(13)29(46)47)32-26(44)21(12-2-4-14(5-3-12)48-9-20(40)41)31-25(43)16-8-49-19-7-18(39)17(38)6-15(19)24(16)42/h2-8,21-22,28,38-39H,9-11H2,1H3,(H,31,43)(H,32,44)(H,40,41)(H,46,47)/t21?,22-,28-/m0/s1. The van der Waals surface area contributed by atoms with Gasteiger partial charge in [-0.1, -0.05) is 23.9 Å². The van der Waals surface area contributed by atoms with Crippen molar-refractivity contribution in [3.05, 3.63) is 75.3 Å². The van der Waals surface area contributed by atoms with Crippen molar-refractivity contribution in [1.82, 2.24) is 35.7 Å². The average molecular weight is 740 g/mol. The van der Waals surface area contributed by atoms with E-state index in [1.54, 1.807) is 7.05 Å². The molecule has 0 spiro atoms. The third-order valence-corrected chi connectivity index (χ3v) is 10.2. The molecule has 0 radical (unpaired) electrons. The molecule has 6 rings (SSSR count). The van der Waals surface area contributed by atoms with E-state index in [9.17, 15) is 44.1 Å². The van der Waals surface area contributed by atoms with Crippen LogP contribution in [0.15, 0.2) is 68.3 Å². The Bertz CT molecular complexity index is 2190. The van der Waals surface area contributed by atoms with Gasteiger partial charge in [-0.2, -0.15) is 0 Å². The van der Waals surface area contributed by atoms with Crippen molar-refractivity contribution in [3.8, 4) is 17.2 Å². The summed E-state index contributed by atoms with van der Waals surface area (Å²) in [5, 5.41) is 54.1. The van der Waals surface area contributed by atoms with Crippen LogP contribution in [-0.2, 0) is 26.2 Å². The second-order valence-corrected chi connectivity index (χ2v) is 13.0. The van der Waals surface area contributed by atoms with E-state index >= 15 is 0 Å². The van der Waals surface area contributed by atoms with Crippen molar-refractivity contribution in [2.24, 2.45) is 7.05 Å². The van der Waals surface area contributed by atoms with Gasteiger partial charge >= 0.3 is 11.9 Å². The van der Waals surface area contributed by atoms with Gasteiger partial charge < -0.3 is 40.2 Å². The minimum Gasteiger partial charge on any atom is -0.504 e. The molecular weight excluding hydrogens is 715 g/mol. The summed E-state index contributed by atoms with van der Waals surface area (Å²) in [7, 11) is 1.62. The van der Waals surface area contributed by atoms with Gasteiger partial charge in [0.2, 0.25) is 16.5 Å². The fourth-order valence-corrected chi connectivity index (χ4v) is 7.58. The summed E-state index contributed by atoms with van der Waals surface area (Å²) in [6.45, 7) is -0.644. The number of benzene rings is 2. The van der Waals surface area contributed by atoms with Gasteiger partial charge in [0.25, 0.3) is 11.8 Å². The Balaban J connectivity index is 1.24. The number of nitrogens with zero attached hydrogens (tertiary/aromatic N) is 5. The van der Waals surface area contributed by atoms with E-state index in [1.165, 1.54) is 52.5 Å². The van der Waals surface area contributed by atoms with Gasteiger partial charge in [-0.15, -0.1) is 16.9 Å². The van der Waals surface area contributed by atoms with Crippen molar-refractivity contribution in [2.75, 3.05) is 18.1 Å². The van der Waals surface area contributed by atoms with E-state index in [1.807, 2.05) is 0 Å². The van der Waals surface area contributed by atoms with Crippen LogP contribution in [0, 0.1) is 0 Å². The number of nitrogens with one attached hydrogen (secondary N) is 2. The molecule has 2 aromatic carbocycles. The number of hydrogen-bond donors (Lipinski definition) is 6. The summed E-state index contributed by atoms with van der Waals surface area (Å²) >= 11 is 2.41. The molecule has 6 N–H and O–H groups in total. The second-order valence-electron chi connectivity index (χ2n) is 11.0. The largest absolute Gasteiger partial charge is 0.504 e. The van der Waals surface area contributed by atoms with Gasteiger partial charge in [-0.05, 0) is 39.8 Å². The smallest absolute Gasteiger partial charge is 0.352 e. The number of ether oxygens (including phenoxy) is 1. The number of hydrogen-bond acceptors (Lipinski definition) is 15. The Hall–Kier alpha value is -6.09. The summed E-state index contributed by atoms with van der Waals surface area (Å²) in [5.41, 5.74) is -1.21. The normalized spacial score (nSPS) is 17.4. The number of carbonyl (C=O) groups is 5. The van der Waals surface area contributed by atoms with Crippen LogP contribution in [0.5, 0.6) is 17.2 Å². The molecule has 1 unspecified atom stereocenters. The third-order valence-electron chi connectivity index (χ3n) is 7.73. The minimum atomic E-state index is -1.55. The number of thioether (sulfide) groups is 2. The molecule has 0 aliphatic carbocycles. The van der Waals surface area contributed by atoms with Gasteiger partial charge in [0, 0.05) is 24.6 Å². The molecule has 4 aromatic rings. The highest BCUT2D eigenvalue weighted by atomic mass is 32.2. The van der Waals surface area contributed by atoms with Crippen molar-refractivity contribution in [3.63, 3.8) is 0 Å². The lowest BCUT2D eigenvalue weighted by Crippen LogP contribution is -2.71. The van der Waals surface area contributed by atoms with Crippen LogP contribution >= 0.6 is 23.5 Å². The Morgan fingerprint density at radius 1 is 1.12 bits per heavy atom. The highest BCUT2D eigenvalue weighted by Gasteiger charge is 2.54. The van der Waals surface area contributed by atoms with Crippen LogP contribution in [0.3, 0.4) is 0 Å². The zero-order valence-corrected chi connectivity index (χ0v) is 27.6. The van der Waals surface area contributed by atoms with Crippen molar-refractivity contribution >= 4 is 64.2 Å². The Labute approximate surface area is 293 Å². The molecule has 19 nitrogen and oxygen atoms in total. The quantitative estimate of drug-likeness (QED) is 0.0643. The second kappa shape index (κ2) is 14.0. The fraction of sp³-hybridized carbons (Fsp3) is 0.233. The maximum absolute atomic E-state index is 13.8. The SMILES string of the molecule is Cn1nnnc1SCC1=C(C(=O)O)N2C(=O)[C@H](NC(=O)C(NC(=O)c3coc4cc(O)c(O)cc4c3=O)c3ccc(OCC(=O)O)cc3)[C@@H]2SC1. The maximum Gasteiger partial charge on any atom is 0.352 e. The van der Waals surface area contributed by atoms with E-state index in [4.69, 9.17) is 14.3 Å². The Morgan fingerprint density at radius 2 is 1.84 bits per heavy atom. The molecular formula is C30H25N7O12S2. The van der Waals surface area contributed by atoms with Crippen LogP contribution in [0.25, 0.3) is 11.0 Å². The number of β-lactam (4-membered cyclic amide) rings is 1. The molecule has 21 heteroatoms. The number of fused-ring (bicyclic) bond motifs is 2. The topological polar surface area (TPSA) is 277 Å². The summed E-state index contributed by atoms with van der Waals surface area (Å²) in [5.74, 6) is -5.91. The molecule has 264 valence electrons. The zero-order chi connectivity index (χ0) is 36.6. The number of carbonyl (C=O) groups excluding carboxylic acids is 3. The van der Waals surface area contributed by atoms with Gasteiger partial charge in [0.15, 0.2) is 18.1 Å². The molecule has 0 saturated carbocycles. The number of carboxylic acid groups (broad SMARTS) is 2. The van der Waals surface area contributed by atoms with E-state index in [0.29, 0.717) is 10.7 Å². The lowest BCUT2D eigenvalue weighted by atomic mass is 10.0. The molecule has 4 heterocycles.